The predicted octanol–water partition coefficient (Wildman–Crippen LogP) is 17.8. The number of rotatable bonds is 6. The first kappa shape index (κ1) is 38.5. The molecule has 1 heterocycles. The number of furan rings is 1. The lowest BCUT2D eigenvalue weighted by atomic mass is 9.82. The summed E-state index contributed by atoms with van der Waals surface area (Å²) in [6.07, 6.45) is 0. The topological polar surface area (TPSA) is 16.4 Å². The molecule has 0 fully saturated rings. The summed E-state index contributed by atoms with van der Waals surface area (Å²) in [7, 11) is 0. The lowest BCUT2D eigenvalue weighted by Gasteiger charge is -2.30. The van der Waals surface area contributed by atoms with Crippen molar-refractivity contribution in [2.45, 2.75) is 38.5 Å². The Morgan fingerprint density at radius 3 is 1.39 bits per heavy atom. The van der Waals surface area contributed by atoms with E-state index in [9.17, 15) is 0 Å². The van der Waals surface area contributed by atoms with Crippen LogP contribution in [0.1, 0.15) is 49.9 Å². The zero-order valence-corrected chi connectivity index (χ0v) is 37.6. The van der Waals surface area contributed by atoms with Gasteiger partial charge in [0, 0.05) is 49.6 Å². The van der Waals surface area contributed by atoms with E-state index in [-0.39, 0.29) is 10.8 Å². The summed E-state index contributed by atoms with van der Waals surface area (Å²) < 4.78 is 6.79. The van der Waals surface area contributed by atoms with E-state index < -0.39 is 0 Å². The van der Waals surface area contributed by atoms with Gasteiger partial charge in [0.15, 0.2) is 0 Å². The minimum absolute atomic E-state index is 0.133. The second-order valence-corrected chi connectivity index (χ2v) is 19.2. The van der Waals surface area contributed by atoms with Gasteiger partial charge in [-0.15, -0.1) is 0 Å². The zero-order valence-electron chi connectivity index (χ0n) is 37.6. The van der Waals surface area contributed by atoms with Crippen molar-refractivity contribution in [2.24, 2.45) is 0 Å². The Hall–Kier alpha value is -7.94. The highest BCUT2D eigenvalue weighted by Crippen LogP contribution is 2.54. The smallest absolute Gasteiger partial charge is 0.143 e. The van der Waals surface area contributed by atoms with Crippen molar-refractivity contribution < 1.29 is 4.42 Å². The maximum atomic E-state index is 6.79. The van der Waals surface area contributed by atoms with Crippen LogP contribution in [0.3, 0.4) is 0 Å². The van der Waals surface area contributed by atoms with Gasteiger partial charge in [-0.3, -0.25) is 0 Å². The first-order valence-electron chi connectivity index (χ1n) is 23.2. The number of para-hydroxylation sites is 1. The van der Waals surface area contributed by atoms with Gasteiger partial charge in [-0.25, -0.2) is 0 Å². The van der Waals surface area contributed by atoms with Gasteiger partial charge in [0.2, 0.25) is 0 Å². The van der Waals surface area contributed by atoms with Crippen LogP contribution < -0.4 is 4.90 Å². The summed E-state index contributed by atoms with van der Waals surface area (Å²) in [5.41, 5.74) is 22.8. The van der Waals surface area contributed by atoms with Crippen LogP contribution in [-0.4, -0.2) is 0 Å². The molecule has 314 valence electrons. The van der Waals surface area contributed by atoms with Crippen LogP contribution in [0.15, 0.2) is 217 Å². The molecule has 0 saturated heterocycles. The van der Waals surface area contributed by atoms with Gasteiger partial charge < -0.3 is 9.32 Å². The largest absolute Gasteiger partial charge is 0.455 e. The Morgan fingerprint density at radius 2 is 0.773 bits per heavy atom. The molecular weight excluding hydrogens is 799 g/mol. The summed E-state index contributed by atoms with van der Waals surface area (Å²) in [4.78, 5) is 2.47. The maximum Gasteiger partial charge on any atom is 0.143 e. The van der Waals surface area contributed by atoms with Crippen molar-refractivity contribution in [1.29, 1.82) is 0 Å². The summed E-state index contributed by atoms with van der Waals surface area (Å²) in [6.45, 7) is 9.47. The number of fused-ring (bicyclic) bond motifs is 11. The molecule has 0 spiro atoms. The SMILES string of the molecule is CC1(C)c2ccccc2-c2ccc(N(c3ccc(-c4c(-c5ccc(-c6ccccc6)cc5)c5c6ccccc6oc5c5ccccc45)cc3)c3ccc4c(c3)C(C)(C)c3ccccc3-4)cc21. The summed E-state index contributed by atoms with van der Waals surface area (Å²) in [5.74, 6) is 0. The third-order valence-corrected chi connectivity index (χ3v) is 14.9. The zero-order chi connectivity index (χ0) is 44.3. The van der Waals surface area contributed by atoms with Gasteiger partial charge in [-0.05, 0) is 120 Å². The molecule has 2 aliphatic carbocycles. The monoisotopic (exact) mass is 845 g/mol. The normalized spacial score (nSPS) is 14.0. The van der Waals surface area contributed by atoms with Gasteiger partial charge in [-0.1, -0.05) is 198 Å². The highest BCUT2D eigenvalue weighted by atomic mass is 16.3. The summed E-state index contributed by atoms with van der Waals surface area (Å²) >= 11 is 0. The molecule has 2 nitrogen and oxygen atoms in total. The van der Waals surface area contributed by atoms with Crippen LogP contribution >= 0.6 is 0 Å². The Bertz CT molecular complexity index is 3630. The number of nitrogens with zero attached hydrogens (tertiary/aromatic N) is 1. The number of hydrogen-bond donors (Lipinski definition) is 0. The molecule has 1 aromatic heterocycles. The van der Waals surface area contributed by atoms with Crippen LogP contribution in [0.4, 0.5) is 17.1 Å². The first-order chi connectivity index (χ1) is 32.3. The number of anilines is 3. The molecule has 0 amide bonds. The van der Waals surface area contributed by atoms with Crippen molar-refractivity contribution in [2.75, 3.05) is 4.90 Å². The third kappa shape index (κ3) is 5.61. The van der Waals surface area contributed by atoms with Crippen LogP contribution in [0.5, 0.6) is 0 Å². The lowest BCUT2D eigenvalue weighted by molar-refractivity contribution is 0.660. The Kier molecular flexibility index (Phi) is 8.33. The molecular formula is C64H47NO. The highest BCUT2D eigenvalue weighted by Gasteiger charge is 2.38. The van der Waals surface area contributed by atoms with Crippen LogP contribution in [0, 0.1) is 0 Å². The van der Waals surface area contributed by atoms with Crippen molar-refractivity contribution in [3.05, 3.63) is 235 Å². The molecule has 0 saturated carbocycles. The molecule has 0 N–H and O–H groups in total. The summed E-state index contributed by atoms with van der Waals surface area (Å²) in [6, 6.07) is 78.3. The molecule has 13 rings (SSSR count). The fraction of sp³-hybridized carbons (Fsp3) is 0.0938. The molecule has 0 atom stereocenters. The molecule has 11 aromatic rings. The Labute approximate surface area is 386 Å². The molecule has 2 heteroatoms. The Balaban J connectivity index is 1.02. The van der Waals surface area contributed by atoms with Crippen molar-refractivity contribution in [3.8, 4) is 55.6 Å². The van der Waals surface area contributed by atoms with Crippen molar-refractivity contribution >= 4 is 49.8 Å². The quantitative estimate of drug-likeness (QED) is 0.166. The Morgan fingerprint density at radius 1 is 0.333 bits per heavy atom. The van der Waals surface area contributed by atoms with Crippen LogP contribution in [0.25, 0.3) is 88.3 Å². The fourth-order valence-electron chi connectivity index (χ4n) is 11.6. The van der Waals surface area contributed by atoms with Gasteiger partial charge >= 0.3 is 0 Å². The molecule has 10 aromatic carbocycles. The van der Waals surface area contributed by atoms with E-state index in [0.717, 1.165) is 60.9 Å². The average Bonchev–Trinajstić information content (AvgIpc) is 3.94. The maximum absolute atomic E-state index is 6.79. The fourth-order valence-corrected chi connectivity index (χ4v) is 11.6. The minimum Gasteiger partial charge on any atom is -0.455 e. The van der Waals surface area contributed by atoms with E-state index in [1.165, 1.54) is 66.8 Å². The van der Waals surface area contributed by atoms with E-state index >= 15 is 0 Å². The van der Waals surface area contributed by atoms with Gasteiger partial charge in [-0.2, -0.15) is 0 Å². The van der Waals surface area contributed by atoms with E-state index in [2.05, 4.69) is 245 Å². The van der Waals surface area contributed by atoms with Crippen LogP contribution in [-0.2, 0) is 10.8 Å². The second-order valence-electron chi connectivity index (χ2n) is 19.2. The molecule has 0 unspecified atom stereocenters. The minimum atomic E-state index is -0.133. The average molecular weight is 846 g/mol. The molecule has 2 aliphatic rings. The lowest BCUT2D eigenvalue weighted by Crippen LogP contribution is -2.18. The third-order valence-electron chi connectivity index (χ3n) is 14.9. The van der Waals surface area contributed by atoms with Crippen LogP contribution in [0.2, 0.25) is 0 Å². The van der Waals surface area contributed by atoms with E-state index in [0.29, 0.717) is 0 Å². The van der Waals surface area contributed by atoms with Crippen molar-refractivity contribution in [3.63, 3.8) is 0 Å². The van der Waals surface area contributed by atoms with Gasteiger partial charge in [0.25, 0.3) is 0 Å². The van der Waals surface area contributed by atoms with E-state index in [1.54, 1.807) is 0 Å². The molecule has 0 aliphatic heterocycles. The first-order valence-corrected chi connectivity index (χ1v) is 23.2. The molecule has 66 heavy (non-hydrogen) atoms. The van der Waals surface area contributed by atoms with Crippen molar-refractivity contribution in [1.82, 2.24) is 0 Å². The van der Waals surface area contributed by atoms with E-state index in [4.69, 9.17) is 4.42 Å². The number of benzene rings is 10. The highest BCUT2D eigenvalue weighted by molar-refractivity contribution is 6.26. The standard InChI is InChI=1S/C64H47NO/c1-63(2)54-23-13-10-18-47(54)49-36-34-45(38-56(49)63)65(46-35-37-50-48-19-11-14-24-55(48)64(3,4)57(50)39-46)44-32-30-42(31-33-44)59-51-20-8-9-21-52(51)62-61(53-22-12-15-25-58(53)66-62)60(59)43-28-26-41(27-29-43)40-16-6-5-7-17-40/h5-39H,1-4H3. The molecule has 0 bridgehead atoms. The summed E-state index contributed by atoms with van der Waals surface area (Å²) in [5, 5.41) is 4.53. The van der Waals surface area contributed by atoms with Gasteiger partial charge in [0.05, 0.1) is 0 Å². The van der Waals surface area contributed by atoms with Gasteiger partial charge in [0.1, 0.15) is 11.2 Å². The van der Waals surface area contributed by atoms with E-state index in [1.807, 2.05) is 0 Å². The number of hydrogen-bond acceptors (Lipinski definition) is 2. The molecule has 0 radical (unpaired) electrons. The predicted molar refractivity (Wildman–Crippen MR) is 277 cm³/mol. The second kappa shape index (κ2) is 14.3.